The van der Waals surface area contributed by atoms with Crippen molar-refractivity contribution < 1.29 is 41.8 Å². The molecule has 1 heterocycles. The average Bonchev–Trinajstić information content (AvgIpc) is 2.80. The third-order valence-electron chi connectivity index (χ3n) is 6.07. The van der Waals surface area contributed by atoms with E-state index in [1.165, 1.54) is 26.8 Å². The summed E-state index contributed by atoms with van der Waals surface area (Å²) in [6.45, 7) is 16.8. The summed E-state index contributed by atoms with van der Waals surface area (Å²) in [7, 11) is 0. The lowest BCUT2D eigenvalue weighted by molar-refractivity contribution is -0.137. The molecule has 1 saturated heterocycles. The van der Waals surface area contributed by atoms with Crippen LogP contribution >= 0.6 is 0 Å². The summed E-state index contributed by atoms with van der Waals surface area (Å²) in [5, 5.41) is 0. The molecule has 0 bridgehead atoms. The molecule has 10 nitrogen and oxygen atoms in total. The van der Waals surface area contributed by atoms with Crippen molar-refractivity contribution >= 4 is 24.0 Å². The van der Waals surface area contributed by atoms with Crippen molar-refractivity contribution in [3.8, 4) is 0 Å². The molecular formula is C30H47F3N4O6. The molecule has 0 aliphatic carbocycles. The second kappa shape index (κ2) is 13.9. The van der Waals surface area contributed by atoms with Gasteiger partial charge in [-0.3, -0.25) is 0 Å². The predicted octanol–water partition coefficient (Wildman–Crippen LogP) is 6.24. The lowest BCUT2D eigenvalue weighted by Crippen LogP contribution is -2.51. The van der Waals surface area contributed by atoms with Crippen LogP contribution in [0.25, 0.3) is 0 Å². The van der Waals surface area contributed by atoms with Crippen LogP contribution in [0, 0.1) is 0 Å². The van der Waals surface area contributed by atoms with E-state index < -0.39 is 46.8 Å². The maximum Gasteiger partial charge on any atom is 0.416 e. The van der Waals surface area contributed by atoms with E-state index in [4.69, 9.17) is 14.2 Å². The van der Waals surface area contributed by atoms with Crippen molar-refractivity contribution in [2.24, 2.45) is 0 Å². The van der Waals surface area contributed by atoms with Gasteiger partial charge in [-0.05, 0) is 86.6 Å². The van der Waals surface area contributed by atoms with E-state index in [1.54, 1.807) is 62.3 Å². The first-order valence-electron chi connectivity index (χ1n) is 14.4. The molecule has 0 N–H and O–H groups in total. The molecule has 13 heteroatoms. The zero-order chi connectivity index (χ0) is 32.8. The van der Waals surface area contributed by atoms with Crippen LogP contribution in [-0.2, 0) is 20.4 Å². The molecule has 0 atom stereocenters. The highest BCUT2D eigenvalue weighted by atomic mass is 19.4. The topological polar surface area (TPSA) is 91.9 Å². The van der Waals surface area contributed by atoms with Crippen LogP contribution in [0.2, 0.25) is 0 Å². The van der Waals surface area contributed by atoms with Crippen molar-refractivity contribution in [1.29, 1.82) is 0 Å². The van der Waals surface area contributed by atoms with Gasteiger partial charge in [0.2, 0.25) is 0 Å². The SMILES string of the molecule is CC(C)(C)OC(=O)N1CCN(C(=O)OC(C)(C)C)CCN(c2ccc(C(F)(F)F)cc2)CCN(C(=O)OC(C)(C)C)CC1. The fourth-order valence-corrected chi connectivity index (χ4v) is 4.06. The maximum atomic E-state index is 13.2. The molecule has 1 aromatic rings. The van der Waals surface area contributed by atoms with Crippen LogP contribution in [0.3, 0.4) is 0 Å². The van der Waals surface area contributed by atoms with Gasteiger partial charge in [-0.15, -0.1) is 0 Å². The fraction of sp³-hybridized carbons (Fsp3) is 0.700. The highest BCUT2D eigenvalue weighted by Gasteiger charge is 2.32. The molecule has 3 amide bonds. The largest absolute Gasteiger partial charge is 0.444 e. The van der Waals surface area contributed by atoms with Gasteiger partial charge in [-0.1, -0.05) is 0 Å². The highest BCUT2D eigenvalue weighted by Crippen LogP contribution is 2.30. The third-order valence-corrected chi connectivity index (χ3v) is 6.07. The van der Waals surface area contributed by atoms with E-state index >= 15 is 0 Å². The van der Waals surface area contributed by atoms with Crippen LogP contribution < -0.4 is 4.90 Å². The number of rotatable bonds is 1. The Morgan fingerprint density at radius 2 is 0.814 bits per heavy atom. The monoisotopic (exact) mass is 616 g/mol. The number of amides is 3. The van der Waals surface area contributed by atoms with E-state index in [-0.39, 0.29) is 52.4 Å². The molecule has 1 fully saturated rings. The van der Waals surface area contributed by atoms with Crippen LogP contribution in [0.4, 0.5) is 33.2 Å². The zero-order valence-corrected chi connectivity index (χ0v) is 26.8. The zero-order valence-electron chi connectivity index (χ0n) is 26.8. The molecule has 1 aromatic carbocycles. The molecule has 43 heavy (non-hydrogen) atoms. The number of carbonyl (C=O) groups is 3. The minimum atomic E-state index is -4.48. The lowest BCUT2D eigenvalue weighted by Gasteiger charge is -2.36. The number of carbonyl (C=O) groups excluding carboxylic acids is 3. The number of alkyl halides is 3. The van der Waals surface area contributed by atoms with E-state index in [1.807, 2.05) is 4.90 Å². The Morgan fingerprint density at radius 1 is 0.535 bits per heavy atom. The first kappa shape index (κ1) is 35.8. The summed E-state index contributed by atoms with van der Waals surface area (Å²) >= 11 is 0. The van der Waals surface area contributed by atoms with Gasteiger partial charge in [0.25, 0.3) is 0 Å². The number of anilines is 1. The van der Waals surface area contributed by atoms with E-state index in [2.05, 4.69) is 0 Å². The maximum absolute atomic E-state index is 13.2. The van der Waals surface area contributed by atoms with Gasteiger partial charge in [-0.25, -0.2) is 14.4 Å². The summed E-state index contributed by atoms with van der Waals surface area (Å²) in [6.07, 6.45) is -6.25. The highest BCUT2D eigenvalue weighted by molar-refractivity contribution is 5.70. The summed E-state index contributed by atoms with van der Waals surface area (Å²) in [6, 6.07) is 4.74. The predicted molar refractivity (Wildman–Crippen MR) is 157 cm³/mol. The lowest BCUT2D eigenvalue weighted by atomic mass is 10.2. The average molecular weight is 617 g/mol. The number of hydrogen-bond acceptors (Lipinski definition) is 7. The van der Waals surface area contributed by atoms with Crippen LogP contribution in [0.15, 0.2) is 24.3 Å². The quantitative estimate of drug-likeness (QED) is 0.345. The first-order valence-corrected chi connectivity index (χ1v) is 14.4. The molecule has 1 aliphatic rings. The van der Waals surface area contributed by atoms with Crippen molar-refractivity contribution in [3.63, 3.8) is 0 Å². The smallest absolute Gasteiger partial charge is 0.416 e. The number of ether oxygens (including phenoxy) is 3. The normalized spacial score (nSPS) is 16.7. The van der Waals surface area contributed by atoms with E-state index in [0.717, 1.165) is 12.1 Å². The van der Waals surface area contributed by atoms with Gasteiger partial charge in [0.1, 0.15) is 16.8 Å². The molecule has 2 rings (SSSR count). The van der Waals surface area contributed by atoms with Crippen LogP contribution in [0.1, 0.15) is 67.9 Å². The standard InChI is InChI=1S/C30H47F3N4O6/c1-27(2,3)41-24(38)35-16-14-34(23-12-10-22(11-13-23)30(31,32)33)15-17-36(25(39)42-28(4,5)6)19-21-37(20-18-35)26(40)43-29(7,8)9/h10-13H,14-21H2,1-9H3. The Kier molecular flexibility index (Phi) is 11.6. The van der Waals surface area contributed by atoms with Gasteiger partial charge in [0.05, 0.1) is 5.56 Å². The molecule has 0 unspecified atom stereocenters. The Morgan fingerprint density at radius 3 is 1.07 bits per heavy atom. The number of nitrogens with zero attached hydrogens (tertiary/aromatic N) is 4. The fourth-order valence-electron chi connectivity index (χ4n) is 4.06. The van der Waals surface area contributed by atoms with E-state index in [0.29, 0.717) is 5.69 Å². The van der Waals surface area contributed by atoms with Crippen molar-refractivity contribution in [1.82, 2.24) is 14.7 Å². The van der Waals surface area contributed by atoms with Gasteiger partial charge in [0, 0.05) is 58.0 Å². The second-order valence-corrected chi connectivity index (χ2v) is 13.4. The summed E-state index contributed by atoms with van der Waals surface area (Å²) in [5.74, 6) is 0. The van der Waals surface area contributed by atoms with Crippen LogP contribution in [0.5, 0.6) is 0 Å². The Hall–Kier alpha value is -3.38. The summed E-state index contributed by atoms with van der Waals surface area (Å²) < 4.78 is 56.5. The van der Waals surface area contributed by atoms with Gasteiger partial charge in [-0.2, -0.15) is 13.2 Å². The Balaban J connectivity index is 2.44. The molecule has 1 aliphatic heterocycles. The van der Waals surface area contributed by atoms with Crippen molar-refractivity contribution in [2.75, 3.05) is 57.3 Å². The molecule has 244 valence electrons. The third kappa shape index (κ3) is 12.8. The van der Waals surface area contributed by atoms with Crippen LogP contribution in [-0.4, -0.2) is 102 Å². The van der Waals surface area contributed by atoms with Gasteiger partial charge < -0.3 is 33.8 Å². The number of halogens is 3. The van der Waals surface area contributed by atoms with Crippen molar-refractivity contribution in [2.45, 2.75) is 85.3 Å². The van der Waals surface area contributed by atoms with Gasteiger partial charge in [0.15, 0.2) is 0 Å². The van der Waals surface area contributed by atoms with Gasteiger partial charge >= 0.3 is 24.5 Å². The first-order chi connectivity index (χ1) is 19.5. The molecule has 0 radical (unpaired) electrons. The number of benzene rings is 1. The molecular weight excluding hydrogens is 569 g/mol. The molecule has 0 spiro atoms. The number of hydrogen-bond donors (Lipinski definition) is 0. The Bertz CT molecular complexity index is 1050. The summed E-state index contributed by atoms with van der Waals surface area (Å²) in [4.78, 5) is 45.6. The van der Waals surface area contributed by atoms with Crippen molar-refractivity contribution in [3.05, 3.63) is 29.8 Å². The molecule has 0 saturated carbocycles. The molecule has 0 aromatic heterocycles. The Labute approximate surface area is 253 Å². The van der Waals surface area contributed by atoms with E-state index in [9.17, 15) is 27.6 Å². The second-order valence-electron chi connectivity index (χ2n) is 13.4. The summed E-state index contributed by atoms with van der Waals surface area (Å²) in [5.41, 5.74) is -2.59. The minimum Gasteiger partial charge on any atom is -0.444 e. The minimum absolute atomic E-state index is 0.0938.